The summed E-state index contributed by atoms with van der Waals surface area (Å²) in [4.78, 5) is 24.9. The van der Waals surface area contributed by atoms with Gasteiger partial charge in [0.1, 0.15) is 5.82 Å². The Kier molecular flexibility index (Phi) is 6.42. The van der Waals surface area contributed by atoms with Crippen LogP contribution in [-0.2, 0) is 11.8 Å². The van der Waals surface area contributed by atoms with E-state index in [-0.39, 0.29) is 29.4 Å². The molecule has 0 saturated heterocycles. The van der Waals surface area contributed by atoms with Crippen molar-refractivity contribution in [2.45, 2.75) is 18.1 Å². The molecule has 1 atom stereocenters. The molecule has 0 unspecified atom stereocenters. The normalized spacial score (nSPS) is 11.8. The van der Waals surface area contributed by atoms with E-state index in [0.29, 0.717) is 21.5 Å². The Morgan fingerprint density at radius 1 is 1.25 bits per heavy atom. The topological polar surface area (TPSA) is 88.9 Å². The summed E-state index contributed by atoms with van der Waals surface area (Å²) >= 11 is 2.59. The maximum absolute atomic E-state index is 12.9. The Hall–Kier alpha value is -2.72. The number of nitrogens with one attached hydrogen (secondary N) is 2. The van der Waals surface area contributed by atoms with Gasteiger partial charge in [0.15, 0.2) is 11.0 Å². The molecule has 2 heterocycles. The first kappa shape index (κ1) is 20.0. The monoisotopic (exact) mass is 419 g/mol. The van der Waals surface area contributed by atoms with Gasteiger partial charge >= 0.3 is 0 Å². The van der Waals surface area contributed by atoms with Crippen LogP contribution in [0.15, 0.2) is 46.9 Å². The van der Waals surface area contributed by atoms with Gasteiger partial charge in [0.05, 0.1) is 16.7 Å². The van der Waals surface area contributed by atoms with Crippen molar-refractivity contribution in [1.82, 2.24) is 20.1 Å². The molecule has 2 aromatic heterocycles. The van der Waals surface area contributed by atoms with E-state index in [0.717, 1.165) is 0 Å². The Bertz CT molecular complexity index is 957. The summed E-state index contributed by atoms with van der Waals surface area (Å²) in [5, 5.41) is 16.2. The molecule has 7 nitrogen and oxygen atoms in total. The minimum Gasteiger partial charge on any atom is -0.342 e. The maximum atomic E-state index is 12.9. The van der Waals surface area contributed by atoms with Crippen LogP contribution in [0, 0.1) is 5.82 Å². The molecule has 0 aliphatic carbocycles. The molecule has 0 aliphatic heterocycles. The average Bonchev–Trinajstić information content (AvgIpc) is 3.32. The SMILES string of the molecule is C[C@H](NC(=O)c1cccs1)c1nnc(SCC(=O)Nc2ccc(F)cc2)n1C. The van der Waals surface area contributed by atoms with Crippen molar-refractivity contribution in [3.8, 4) is 0 Å². The summed E-state index contributed by atoms with van der Waals surface area (Å²) in [6, 6.07) is 8.79. The van der Waals surface area contributed by atoms with Crippen molar-refractivity contribution < 1.29 is 14.0 Å². The van der Waals surface area contributed by atoms with Gasteiger partial charge in [-0.15, -0.1) is 21.5 Å². The van der Waals surface area contributed by atoms with Gasteiger partial charge in [0.2, 0.25) is 5.91 Å². The third-order valence-corrected chi connectivity index (χ3v) is 5.70. The number of carbonyl (C=O) groups is 2. The first-order chi connectivity index (χ1) is 13.4. The van der Waals surface area contributed by atoms with Crippen LogP contribution in [-0.4, -0.2) is 32.3 Å². The van der Waals surface area contributed by atoms with Gasteiger partial charge in [-0.05, 0) is 42.6 Å². The fraction of sp³-hybridized carbons (Fsp3) is 0.222. The molecule has 0 fully saturated rings. The van der Waals surface area contributed by atoms with Crippen molar-refractivity contribution in [3.05, 3.63) is 58.3 Å². The highest BCUT2D eigenvalue weighted by Gasteiger charge is 2.19. The standard InChI is InChI=1S/C18H18FN5O2S2/c1-11(20-17(26)14-4-3-9-27-14)16-22-23-18(24(16)2)28-10-15(25)21-13-7-5-12(19)6-8-13/h3-9,11H,10H2,1-2H3,(H,20,26)(H,21,25)/t11-/m0/s1. The van der Waals surface area contributed by atoms with Gasteiger partial charge in [0, 0.05) is 12.7 Å². The zero-order chi connectivity index (χ0) is 20.1. The summed E-state index contributed by atoms with van der Waals surface area (Å²) in [6.07, 6.45) is 0. The summed E-state index contributed by atoms with van der Waals surface area (Å²) in [6.45, 7) is 1.82. The van der Waals surface area contributed by atoms with Crippen LogP contribution < -0.4 is 10.6 Å². The van der Waals surface area contributed by atoms with E-state index in [9.17, 15) is 14.0 Å². The number of hydrogen-bond acceptors (Lipinski definition) is 6. The van der Waals surface area contributed by atoms with Crippen LogP contribution in [0.25, 0.3) is 0 Å². The lowest BCUT2D eigenvalue weighted by Crippen LogP contribution is -2.27. The molecule has 3 aromatic rings. The van der Waals surface area contributed by atoms with E-state index < -0.39 is 0 Å². The number of thioether (sulfide) groups is 1. The number of anilines is 1. The van der Waals surface area contributed by atoms with Crippen LogP contribution in [0.2, 0.25) is 0 Å². The zero-order valence-electron chi connectivity index (χ0n) is 15.2. The Morgan fingerprint density at radius 3 is 2.68 bits per heavy atom. The molecule has 1 aromatic carbocycles. The highest BCUT2D eigenvalue weighted by Crippen LogP contribution is 2.20. The predicted molar refractivity (Wildman–Crippen MR) is 107 cm³/mol. The molecular formula is C18H18FN5O2S2. The van der Waals surface area contributed by atoms with Gasteiger partial charge in [-0.1, -0.05) is 17.8 Å². The first-order valence-electron chi connectivity index (χ1n) is 8.36. The van der Waals surface area contributed by atoms with Crippen LogP contribution in [0.5, 0.6) is 0 Å². The molecule has 2 amide bonds. The number of amides is 2. The Balaban J connectivity index is 1.55. The molecule has 10 heteroatoms. The summed E-state index contributed by atoms with van der Waals surface area (Å²) in [5.41, 5.74) is 0.524. The molecule has 3 rings (SSSR count). The van der Waals surface area contributed by atoms with E-state index in [1.54, 1.807) is 17.7 Å². The van der Waals surface area contributed by atoms with Crippen molar-refractivity contribution in [3.63, 3.8) is 0 Å². The Morgan fingerprint density at radius 2 is 2.00 bits per heavy atom. The number of rotatable bonds is 7. The molecule has 0 spiro atoms. The molecular weight excluding hydrogens is 401 g/mol. The number of nitrogens with zero attached hydrogens (tertiary/aromatic N) is 3. The van der Waals surface area contributed by atoms with Gasteiger partial charge < -0.3 is 15.2 Å². The third kappa shape index (κ3) is 4.96. The van der Waals surface area contributed by atoms with Crippen molar-refractivity contribution >= 4 is 40.6 Å². The second-order valence-electron chi connectivity index (χ2n) is 5.92. The van der Waals surface area contributed by atoms with Gasteiger partial charge in [-0.2, -0.15) is 0 Å². The maximum Gasteiger partial charge on any atom is 0.261 e. The van der Waals surface area contributed by atoms with Crippen molar-refractivity contribution in [1.29, 1.82) is 0 Å². The molecule has 0 radical (unpaired) electrons. The lowest BCUT2D eigenvalue weighted by atomic mass is 10.3. The van der Waals surface area contributed by atoms with Gasteiger partial charge in [-0.25, -0.2) is 4.39 Å². The van der Waals surface area contributed by atoms with E-state index in [1.807, 2.05) is 18.4 Å². The van der Waals surface area contributed by atoms with Gasteiger partial charge in [-0.3, -0.25) is 9.59 Å². The fourth-order valence-corrected chi connectivity index (χ4v) is 3.77. The quantitative estimate of drug-likeness (QED) is 0.574. The number of hydrogen-bond donors (Lipinski definition) is 2. The third-order valence-electron chi connectivity index (χ3n) is 3.81. The largest absolute Gasteiger partial charge is 0.342 e. The molecule has 2 N–H and O–H groups in total. The number of halogens is 1. The fourth-order valence-electron chi connectivity index (χ4n) is 2.43. The Labute approximate surface area is 169 Å². The van der Waals surface area contributed by atoms with Gasteiger partial charge in [0.25, 0.3) is 5.91 Å². The summed E-state index contributed by atoms with van der Waals surface area (Å²) in [5.74, 6) is -0.0524. The molecule has 0 aliphatic rings. The second-order valence-corrected chi connectivity index (χ2v) is 7.81. The lowest BCUT2D eigenvalue weighted by Gasteiger charge is -2.13. The predicted octanol–water partition coefficient (Wildman–Crippen LogP) is 3.24. The molecule has 0 saturated carbocycles. The first-order valence-corrected chi connectivity index (χ1v) is 10.2. The van der Waals surface area contributed by atoms with Crippen molar-refractivity contribution in [2.75, 3.05) is 11.1 Å². The number of carbonyl (C=O) groups excluding carboxylic acids is 2. The molecule has 146 valence electrons. The molecule has 0 bridgehead atoms. The summed E-state index contributed by atoms with van der Waals surface area (Å²) < 4.78 is 14.6. The van der Waals surface area contributed by atoms with Crippen LogP contribution in [0.1, 0.15) is 28.5 Å². The van der Waals surface area contributed by atoms with E-state index in [2.05, 4.69) is 20.8 Å². The van der Waals surface area contributed by atoms with Crippen molar-refractivity contribution in [2.24, 2.45) is 7.05 Å². The number of aromatic nitrogens is 3. The number of thiophene rings is 1. The van der Waals surface area contributed by atoms with E-state index >= 15 is 0 Å². The van der Waals surface area contributed by atoms with Crippen LogP contribution in [0.4, 0.5) is 10.1 Å². The lowest BCUT2D eigenvalue weighted by molar-refractivity contribution is -0.113. The highest BCUT2D eigenvalue weighted by atomic mass is 32.2. The van der Waals surface area contributed by atoms with Crippen LogP contribution >= 0.6 is 23.1 Å². The molecule has 28 heavy (non-hydrogen) atoms. The van der Waals surface area contributed by atoms with Crippen LogP contribution in [0.3, 0.4) is 0 Å². The minimum atomic E-state index is -0.362. The second kappa shape index (κ2) is 8.98. The van der Waals surface area contributed by atoms with E-state index in [4.69, 9.17) is 0 Å². The zero-order valence-corrected chi connectivity index (χ0v) is 16.8. The minimum absolute atomic E-state index is 0.124. The highest BCUT2D eigenvalue weighted by molar-refractivity contribution is 7.99. The average molecular weight is 420 g/mol. The summed E-state index contributed by atoms with van der Waals surface area (Å²) in [7, 11) is 1.78. The smallest absolute Gasteiger partial charge is 0.261 e. The van der Waals surface area contributed by atoms with E-state index in [1.165, 1.54) is 47.4 Å². The number of benzene rings is 1.